The molecule has 8 nitrogen and oxygen atoms in total. The van der Waals surface area contributed by atoms with Gasteiger partial charge in [-0.3, -0.25) is 0 Å². The van der Waals surface area contributed by atoms with Gasteiger partial charge < -0.3 is 19.9 Å². The highest BCUT2D eigenvalue weighted by molar-refractivity contribution is 7.91. The van der Waals surface area contributed by atoms with Crippen LogP contribution >= 0.6 is 0 Å². The van der Waals surface area contributed by atoms with Crippen molar-refractivity contribution in [3.8, 4) is 5.75 Å². The first-order chi connectivity index (χ1) is 17.1. The lowest BCUT2D eigenvalue weighted by atomic mass is 10.1. The highest BCUT2D eigenvalue weighted by Gasteiger charge is 2.29. The van der Waals surface area contributed by atoms with Crippen molar-refractivity contribution in [1.82, 2.24) is 5.32 Å². The summed E-state index contributed by atoms with van der Waals surface area (Å²) in [4.78, 5) is 25.2. The number of benzene rings is 3. The number of hydrogen-bond donors (Lipinski definition) is 2. The van der Waals surface area contributed by atoms with Crippen LogP contribution < -0.4 is 5.32 Å². The number of carbonyl (C=O) groups is 2. The van der Waals surface area contributed by atoms with E-state index in [0.29, 0.717) is 0 Å². The molecule has 36 heavy (non-hydrogen) atoms. The number of phenols is 1. The summed E-state index contributed by atoms with van der Waals surface area (Å²) in [6.45, 7) is 5.15. The van der Waals surface area contributed by atoms with Crippen molar-refractivity contribution in [3.63, 3.8) is 0 Å². The molecule has 0 fully saturated rings. The molecule has 1 amide bonds. The van der Waals surface area contributed by atoms with Crippen molar-refractivity contribution in [2.24, 2.45) is 0 Å². The number of rotatable bonds is 9. The Labute approximate surface area is 210 Å². The van der Waals surface area contributed by atoms with Gasteiger partial charge in [0.15, 0.2) is 0 Å². The Morgan fingerprint density at radius 3 is 2.28 bits per heavy atom. The van der Waals surface area contributed by atoms with Crippen LogP contribution in [0.5, 0.6) is 5.75 Å². The summed E-state index contributed by atoms with van der Waals surface area (Å²) in [6.07, 6.45) is -1.52. The normalized spacial score (nSPS) is 12.1. The molecule has 0 aliphatic carbocycles. The predicted octanol–water partition coefficient (Wildman–Crippen LogP) is 4.32. The van der Waals surface area contributed by atoms with Crippen molar-refractivity contribution in [1.29, 1.82) is 0 Å². The first kappa shape index (κ1) is 26.7. The molecule has 9 heteroatoms. The molecule has 3 rings (SSSR count). The zero-order valence-electron chi connectivity index (χ0n) is 20.3. The standard InChI is InChI=1S/C27H29NO7S/c1-18(2)35-26(30)24(28-27(31)34-17-20-7-5-4-6-8-20)15-21-11-12-22(29)16-25(21)36(32,33)23-13-9-19(3)10-14-23/h4-14,16,18,24,29H,15,17H2,1-3H3,(H,28,31)/t24-/m0/s1. The van der Waals surface area contributed by atoms with Crippen LogP contribution in [0.3, 0.4) is 0 Å². The van der Waals surface area contributed by atoms with Gasteiger partial charge in [0.2, 0.25) is 9.84 Å². The van der Waals surface area contributed by atoms with E-state index in [1.807, 2.05) is 13.0 Å². The van der Waals surface area contributed by atoms with E-state index in [1.54, 1.807) is 50.2 Å². The smallest absolute Gasteiger partial charge is 0.408 e. The predicted molar refractivity (Wildman–Crippen MR) is 133 cm³/mol. The van der Waals surface area contributed by atoms with Gasteiger partial charge in [-0.1, -0.05) is 54.1 Å². The average molecular weight is 512 g/mol. The molecule has 0 spiro atoms. The van der Waals surface area contributed by atoms with Gasteiger partial charge in [-0.15, -0.1) is 0 Å². The Bertz CT molecular complexity index is 1300. The van der Waals surface area contributed by atoms with Gasteiger partial charge in [0.25, 0.3) is 0 Å². The van der Waals surface area contributed by atoms with Crippen LogP contribution in [0, 0.1) is 6.92 Å². The number of amides is 1. The number of aryl methyl sites for hydroxylation is 1. The Morgan fingerprint density at radius 1 is 0.972 bits per heavy atom. The fraction of sp³-hybridized carbons (Fsp3) is 0.259. The van der Waals surface area contributed by atoms with Gasteiger partial charge >= 0.3 is 12.1 Å². The number of nitrogens with one attached hydrogen (secondary N) is 1. The topological polar surface area (TPSA) is 119 Å². The minimum Gasteiger partial charge on any atom is -0.508 e. The molecule has 0 bridgehead atoms. The van der Waals surface area contributed by atoms with Gasteiger partial charge in [0, 0.05) is 6.42 Å². The highest BCUT2D eigenvalue weighted by atomic mass is 32.2. The molecule has 1 atom stereocenters. The maximum atomic E-state index is 13.4. The molecule has 190 valence electrons. The van der Waals surface area contributed by atoms with Gasteiger partial charge in [0.1, 0.15) is 18.4 Å². The molecule has 3 aromatic rings. The largest absolute Gasteiger partial charge is 0.508 e. The quantitative estimate of drug-likeness (QED) is 0.411. The number of alkyl carbamates (subject to hydrolysis) is 1. The van der Waals surface area contributed by atoms with Crippen LogP contribution in [0.4, 0.5) is 4.79 Å². The summed E-state index contributed by atoms with van der Waals surface area (Å²) >= 11 is 0. The fourth-order valence-electron chi connectivity index (χ4n) is 3.44. The zero-order valence-corrected chi connectivity index (χ0v) is 21.1. The van der Waals surface area contributed by atoms with Crippen LogP contribution in [-0.4, -0.2) is 37.7 Å². The molecular weight excluding hydrogens is 482 g/mol. The van der Waals surface area contributed by atoms with Gasteiger partial charge in [-0.25, -0.2) is 18.0 Å². The molecule has 2 N–H and O–H groups in total. The summed E-state index contributed by atoms with van der Waals surface area (Å²) in [5.74, 6) is -0.991. The van der Waals surface area contributed by atoms with Crippen molar-refractivity contribution in [2.75, 3.05) is 0 Å². The zero-order chi connectivity index (χ0) is 26.3. The van der Waals surface area contributed by atoms with Gasteiger partial charge in [-0.05, 0) is 56.2 Å². The number of sulfone groups is 1. The maximum absolute atomic E-state index is 13.4. The number of carbonyl (C=O) groups excluding carboxylic acids is 2. The number of hydrogen-bond acceptors (Lipinski definition) is 7. The minimum absolute atomic E-state index is 0.00904. The molecule has 0 radical (unpaired) electrons. The van der Waals surface area contributed by atoms with Crippen LogP contribution in [-0.2, 0) is 37.1 Å². The molecule has 0 aromatic heterocycles. The van der Waals surface area contributed by atoms with E-state index in [-0.39, 0.29) is 34.1 Å². The number of ether oxygens (including phenoxy) is 2. The van der Waals surface area contributed by atoms with E-state index in [0.717, 1.165) is 17.2 Å². The highest BCUT2D eigenvalue weighted by Crippen LogP contribution is 2.29. The van der Waals surface area contributed by atoms with E-state index in [9.17, 15) is 23.1 Å². The molecule has 3 aromatic carbocycles. The van der Waals surface area contributed by atoms with Crippen LogP contribution in [0.15, 0.2) is 82.6 Å². The summed E-state index contributed by atoms with van der Waals surface area (Å²) in [6, 6.07) is 17.9. The third kappa shape index (κ3) is 7.08. The molecule has 0 aliphatic rings. The van der Waals surface area contributed by atoms with Crippen molar-refractivity contribution in [2.45, 2.75) is 55.7 Å². The second kappa shape index (κ2) is 11.7. The van der Waals surface area contributed by atoms with Gasteiger partial charge in [-0.2, -0.15) is 0 Å². The average Bonchev–Trinajstić information content (AvgIpc) is 2.83. The fourth-order valence-corrected chi connectivity index (χ4v) is 4.96. The number of aromatic hydroxyl groups is 1. The van der Waals surface area contributed by atoms with Crippen molar-refractivity contribution in [3.05, 3.63) is 89.5 Å². The number of esters is 1. The third-order valence-electron chi connectivity index (χ3n) is 5.24. The molecule has 0 aliphatic heterocycles. The van der Waals surface area contributed by atoms with Gasteiger partial charge in [0.05, 0.1) is 15.9 Å². The molecular formula is C27H29NO7S. The van der Waals surface area contributed by atoms with Crippen molar-refractivity contribution < 1.29 is 32.6 Å². The SMILES string of the molecule is Cc1ccc(S(=O)(=O)c2cc(O)ccc2C[C@H](NC(=O)OCc2ccccc2)C(=O)OC(C)C)cc1. The van der Waals surface area contributed by atoms with E-state index in [1.165, 1.54) is 24.3 Å². The van der Waals surface area contributed by atoms with Crippen LogP contribution in [0.2, 0.25) is 0 Å². The summed E-state index contributed by atoms with van der Waals surface area (Å²) in [5.41, 5.74) is 1.88. The Morgan fingerprint density at radius 2 is 1.64 bits per heavy atom. The lowest BCUT2D eigenvalue weighted by Crippen LogP contribution is -2.44. The second-order valence-corrected chi connectivity index (χ2v) is 10.5. The van der Waals surface area contributed by atoms with E-state index < -0.39 is 34.0 Å². The minimum atomic E-state index is -4.03. The first-order valence-electron chi connectivity index (χ1n) is 11.4. The van der Waals surface area contributed by atoms with E-state index in [4.69, 9.17) is 9.47 Å². The summed E-state index contributed by atoms with van der Waals surface area (Å²) in [7, 11) is -4.03. The lowest BCUT2D eigenvalue weighted by Gasteiger charge is -2.20. The lowest BCUT2D eigenvalue weighted by molar-refractivity contribution is -0.149. The Kier molecular flexibility index (Phi) is 8.71. The molecule has 0 unspecified atom stereocenters. The monoisotopic (exact) mass is 511 g/mol. The number of phenolic OH excluding ortho intramolecular Hbond substituents is 1. The van der Waals surface area contributed by atoms with Crippen LogP contribution in [0.25, 0.3) is 0 Å². The van der Waals surface area contributed by atoms with E-state index in [2.05, 4.69) is 5.32 Å². The molecule has 0 saturated carbocycles. The molecule has 0 saturated heterocycles. The first-order valence-corrected chi connectivity index (χ1v) is 12.9. The Hall–Kier alpha value is -3.85. The summed E-state index contributed by atoms with van der Waals surface area (Å²) < 4.78 is 37.3. The third-order valence-corrected chi connectivity index (χ3v) is 7.09. The van der Waals surface area contributed by atoms with Crippen LogP contribution in [0.1, 0.15) is 30.5 Å². The Balaban J connectivity index is 1.88. The summed E-state index contributed by atoms with van der Waals surface area (Å²) in [5, 5.41) is 12.5. The maximum Gasteiger partial charge on any atom is 0.408 e. The van der Waals surface area contributed by atoms with Crippen molar-refractivity contribution >= 4 is 21.9 Å². The second-order valence-electron chi connectivity index (χ2n) is 8.56. The van der Waals surface area contributed by atoms with E-state index >= 15 is 0 Å². The molecule has 0 heterocycles.